The van der Waals surface area contributed by atoms with Crippen LogP contribution in [0.25, 0.3) is 11.1 Å². The maximum atomic E-state index is 13.9. The smallest absolute Gasteiger partial charge is 0.307 e. The van der Waals surface area contributed by atoms with Gasteiger partial charge in [0.2, 0.25) is 0 Å². The molecule has 0 saturated heterocycles. The minimum absolute atomic E-state index is 0.0308. The van der Waals surface area contributed by atoms with Crippen LogP contribution in [0.15, 0.2) is 36.4 Å². The van der Waals surface area contributed by atoms with Crippen LogP contribution in [0, 0.1) is 5.82 Å². The van der Waals surface area contributed by atoms with Gasteiger partial charge in [-0.25, -0.2) is 4.39 Å². The molecule has 19 heavy (non-hydrogen) atoms. The van der Waals surface area contributed by atoms with Crippen molar-refractivity contribution >= 4 is 29.2 Å². The Morgan fingerprint density at radius 2 is 1.89 bits per heavy atom. The average Bonchev–Trinajstić information content (AvgIpc) is 2.35. The lowest BCUT2D eigenvalue weighted by Gasteiger charge is -2.07. The molecule has 0 radical (unpaired) electrons. The summed E-state index contributed by atoms with van der Waals surface area (Å²) in [4.78, 5) is 10.6. The Kier molecular flexibility index (Phi) is 4.08. The van der Waals surface area contributed by atoms with Gasteiger partial charge in [0, 0.05) is 10.6 Å². The van der Waals surface area contributed by atoms with E-state index in [1.54, 1.807) is 24.3 Å². The van der Waals surface area contributed by atoms with Gasteiger partial charge in [-0.05, 0) is 23.3 Å². The number of halogens is 3. The van der Waals surface area contributed by atoms with E-state index in [2.05, 4.69) is 0 Å². The Bertz CT molecular complexity index is 641. The van der Waals surface area contributed by atoms with E-state index in [9.17, 15) is 9.18 Å². The highest BCUT2D eigenvalue weighted by Crippen LogP contribution is 2.30. The molecule has 0 atom stereocenters. The van der Waals surface area contributed by atoms with Gasteiger partial charge in [0.1, 0.15) is 5.82 Å². The summed E-state index contributed by atoms with van der Waals surface area (Å²) in [5.74, 6) is -1.49. The van der Waals surface area contributed by atoms with Gasteiger partial charge in [0.05, 0.1) is 11.4 Å². The van der Waals surface area contributed by atoms with Gasteiger partial charge in [-0.3, -0.25) is 4.79 Å². The Labute approximate surface area is 119 Å². The Hall–Kier alpha value is -1.58. The number of aliphatic carboxylic acids is 1. The summed E-state index contributed by atoms with van der Waals surface area (Å²) in [5, 5.41) is 9.04. The zero-order chi connectivity index (χ0) is 14.0. The monoisotopic (exact) mass is 298 g/mol. The summed E-state index contributed by atoms with van der Waals surface area (Å²) in [6.45, 7) is 0. The highest BCUT2D eigenvalue weighted by atomic mass is 35.5. The Balaban J connectivity index is 2.44. The van der Waals surface area contributed by atoms with E-state index in [1.807, 2.05) is 0 Å². The predicted molar refractivity (Wildman–Crippen MR) is 73.2 cm³/mol. The standard InChI is InChI=1S/C14H9Cl2FO2/c15-11-3-1-2-10(14(11)17)8-4-5-9(7-13(18)19)12(16)6-8/h1-6H,7H2,(H,18,19). The molecule has 0 spiro atoms. The third-order valence-corrected chi connectivity index (χ3v) is 3.30. The van der Waals surface area contributed by atoms with E-state index in [0.29, 0.717) is 21.7 Å². The van der Waals surface area contributed by atoms with Crippen LogP contribution in [-0.2, 0) is 11.2 Å². The van der Waals surface area contributed by atoms with Crippen LogP contribution in [0.3, 0.4) is 0 Å². The minimum Gasteiger partial charge on any atom is -0.481 e. The molecule has 0 aliphatic carbocycles. The van der Waals surface area contributed by atoms with E-state index in [4.69, 9.17) is 28.3 Å². The second-order valence-electron chi connectivity index (χ2n) is 3.98. The van der Waals surface area contributed by atoms with Crippen LogP contribution in [0.2, 0.25) is 10.0 Å². The van der Waals surface area contributed by atoms with Crippen molar-refractivity contribution in [2.45, 2.75) is 6.42 Å². The first kappa shape index (κ1) is 13.8. The van der Waals surface area contributed by atoms with E-state index >= 15 is 0 Å². The summed E-state index contributed by atoms with van der Waals surface area (Å²) in [6.07, 6.45) is -0.170. The first-order chi connectivity index (χ1) is 8.99. The van der Waals surface area contributed by atoms with E-state index in [-0.39, 0.29) is 11.4 Å². The van der Waals surface area contributed by atoms with Gasteiger partial charge in [-0.1, -0.05) is 47.5 Å². The topological polar surface area (TPSA) is 37.3 Å². The second-order valence-corrected chi connectivity index (χ2v) is 4.79. The molecule has 0 bridgehead atoms. The Morgan fingerprint density at radius 1 is 1.16 bits per heavy atom. The van der Waals surface area contributed by atoms with E-state index in [0.717, 1.165) is 0 Å². The van der Waals surface area contributed by atoms with Crippen molar-refractivity contribution in [2.75, 3.05) is 0 Å². The third-order valence-electron chi connectivity index (χ3n) is 2.66. The van der Waals surface area contributed by atoms with Crippen LogP contribution in [-0.4, -0.2) is 11.1 Å². The molecule has 0 aromatic heterocycles. The molecule has 2 nitrogen and oxygen atoms in total. The van der Waals surface area contributed by atoms with Crippen LogP contribution >= 0.6 is 23.2 Å². The summed E-state index contributed by atoms with van der Waals surface area (Å²) >= 11 is 11.7. The highest BCUT2D eigenvalue weighted by molar-refractivity contribution is 6.32. The SMILES string of the molecule is O=C(O)Cc1ccc(-c2cccc(Cl)c2F)cc1Cl. The number of carboxylic acids is 1. The molecule has 2 aromatic carbocycles. The fraction of sp³-hybridized carbons (Fsp3) is 0.0714. The molecule has 2 rings (SSSR count). The van der Waals surface area contributed by atoms with Gasteiger partial charge in [-0.2, -0.15) is 0 Å². The van der Waals surface area contributed by atoms with E-state index in [1.165, 1.54) is 12.1 Å². The number of hydrogen-bond donors (Lipinski definition) is 1. The number of benzene rings is 2. The van der Waals surface area contributed by atoms with Crippen LogP contribution < -0.4 is 0 Å². The first-order valence-electron chi connectivity index (χ1n) is 5.43. The molecule has 0 unspecified atom stereocenters. The molecule has 0 fully saturated rings. The zero-order valence-corrected chi connectivity index (χ0v) is 11.2. The molecular formula is C14H9Cl2FO2. The van der Waals surface area contributed by atoms with Crippen molar-refractivity contribution in [3.8, 4) is 11.1 Å². The maximum absolute atomic E-state index is 13.9. The lowest BCUT2D eigenvalue weighted by atomic mass is 10.0. The zero-order valence-electron chi connectivity index (χ0n) is 9.66. The first-order valence-corrected chi connectivity index (χ1v) is 6.19. The quantitative estimate of drug-likeness (QED) is 0.910. The largest absolute Gasteiger partial charge is 0.481 e. The predicted octanol–water partition coefficient (Wildman–Crippen LogP) is 4.43. The Morgan fingerprint density at radius 3 is 2.53 bits per heavy atom. The molecule has 0 amide bonds. The molecule has 0 heterocycles. The van der Waals surface area contributed by atoms with Crippen molar-refractivity contribution in [2.24, 2.45) is 0 Å². The molecule has 98 valence electrons. The molecule has 5 heteroatoms. The van der Waals surface area contributed by atoms with Crippen molar-refractivity contribution < 1.29 is 14.3 Å². The van der Waals surface area contributed by atoms with Crippen LogP contribution in [0.4, 0.5) is 4.39 Å². The van der Waals surface area contributed by atoms with Gasteiger partial charge in [0.15, 0.2) is 0 Å². The normalized spacial score (nSPS) is 10.5. The molecule has 0 aliphatic heterocycles. The van der Waals surface area contributed by atoms with Crippen LogP contribution in [0.1, 0.15) is 5.56 Å². The van der Waals surface area contributed by atoms with Crippen molar-refractivity contribution in [3.05, 3.63) is 57.8 Å². The summed E-state index contributed by atoms with van der Waals surface area (Å²) in [5.41, 5.74) is 1.37. The summed E-state index contributed by atoms with van der Waals surface area (Å²) < 4.78 is 13.9. The molecule has 0 saturated carbocycles. The number of rotatable bonds is 3. The fourth-order valence-electron chi connectivity index (χ4n) is 1.75. The fourth-order valence-corrected chi connectivity index (χ4v) is 2.17. The van der Waals surface area contributed by atoms with Crippen molar-refractivity contribution in [1.82, 2.24) is 0 Å². The number of hydrogen-bond acceptors (Lipinski definition) is 1. The number of carbonyl (C=O) groups is 1. The average molecular weight is 299 g/mol. The van der Waals surface area contributed by atoms with Crippen molar-refractivity contribution in [3.63, 3.8) is 0 Å². The highest BCUT2D eigenvalue weighted by Gasteiger charge is 2.11. The maximum Gasteiger partial charge on any atom is 0.307 e. The van der Waals surface area contributed by atoms with Gasteiger partial charge in [0.25, 0.3) is 0 Å². The molecular weight excluding hydrogens is 290 g/mol. The minimum atomic E-state index is -0.969. The number of carboxylic acid groups (broad SMARTS) is 1. The van der Waals surface area contributed by atoms with Gasteiger partial charge < -0.3 is 5.11 Å². The van der Waals surface area contributed by atoms with Crippen LogP contribution in [0.5, 0.6) is 0 Å². The lowest BCUT2D eigenvalue weighted by Crippen LogP contribution is -2.00. The summed E-state index contributed by atoms with van der Waals surface area (Å²) in [7, 11) is 0. The molecule has 2 aromatic rings. The second kappa shape index (κ2) is 5.59. The molecule has 1 N–H and O–H groups in total. The van der Waals surface area contributed by atoms with E-state index < -0.39 is 11.8 Å². The lowest BCUT2D eigenvalue weighted by molar-refractivity contribution is -0.136. The third kappa shape index (κ3) is 3.06. The molecule has 0 aliphatic rings. The van der Waals surface area contributed by atoms with Gasteiger partial charge >= 0.3 is 5.97 Å². The van der Waals surface area contributed by atoms with Crippen molar-refractivity contribution in [1.29, 1.82) is 0 Å². The summed E-state index contributed by atoms with van der Waals surface area (Å²) in [6, 6.07) is 9.42. The van der Waals surface area contributed by atoms with Gasteiger partial charge in [-0.15, -0.1) is 0 Å².